The molecule has 0 atom stereocenters. The lowest BCUT2D eigenvalue weighted by Gasteiger charge is -2.14. The molecule has 0 aliphatic carbocycles. The highest BCUT2D eigenvalue weighted by atomic mass is 35.5. The Labute approximate surface area is 194 Å². The van der Waals surface area contributed by atoms with E-state index in [9.17, 15) is 8.42 Å². The van der Waals surface area contributed by atoms with Crippen molar-refractivity contribution in [1.29, 1.82) is 0 Å². The Hall–Kier alpha value is -3.14. The van der Waals surface area contributed by atoms with E-state index in [1.807, 2.05) is 12.1 Å². The molecule has 4 rings (SSSR count). The van der Waals surface area contributed by atoms with Crippen LogP contribution < -0.4 is 14.2 Å². The Kier molecular flexibility index (Phi) is 6.31. The Morgan fingerprint density at radius 3 is 2.53 bits per heavy atom. The van der Waals surface area contributed by atoms with E-state index >= 15 is 0 Å². The van der Waals surface area contributed by atoms with E-state index in [0.717, 1.165) is 5.56 Å². The number of methoxy groups -OCH3 is 1. The van der Waals surface area contributed by atoms with Crippen LogP contribution in [0.4, 0.5) is 5.82 Å². The van der Waals surface area contributed by atoms with Crippen molar-refractivity contribution < 1.29 is 17.9 Å². The van der Waals surface area contributed by atoms with Crippen LogP contribution in [0, 0.1) is 0 Å². The number of pyridine rings is 1. The van der Waals surface area contributed by atoms with E-state index in [4.69, 9.17) is 32.7 Å². The number of fused-ring (bicyclic) bond motifs is 1. The number of halogens is 2. The van der Waals surface area contributed by atoms with Crippen molar-refractivity contribution in [3.8, 4) is 11.6 Å². The molecule has 0 saturated heterocycles. The zero-order valence-corrected chi connectivity index (χ0v) is 18.9. The van der Waals surface area contributed by atoms with E-state index in [0.29, 0.717) is 11.3 Å². The van der Waals surface area contributed by atoms with Crippen LogP contribution in [-0.4, -0.2) is 30.5 Å². The monoisotopic (exact) mass is 490 g/mol. The van der Waals surface area contributed by atoms with Crippen molar-refractivity contribution >= 4 is 50.2 Å². The predicted octanol–water partition coefficient (Wildman–Crippen LogP) is 4.72. The van der Waals surface area contributed by atoms with E-state index in [-0.39, 0.29) is 38.9 Å². The summed E-state index contributed by atoms with van der Waals surface area (Å²) in [4.78, 5) is 12.6. The minimum atomic E-state index is -4.14. The highest BCUT2D eigenvalue weighted by Gasteiger charge is 2.23. The molecule has 0 spiro atoms. The van der Waals surface area contributed by atoms with Crippen molar-refractivity contribution in [3.63, 3.8) is 0 Å². The lowest BCUT2D eigenvalue weighted by atomic mass is 10.2. The van der Waals surface area contributed by atoms with Gasteiger partial charge in [-0.15, -0.1) is 0 Å². The highest BCUT2D eigenvalue weighted by Crippen LogP contribution is 2.32. The van der Waals surface area contributed by atoms with Gasteiger partial charge in [-0.25, -0.2) is 23.4 Å². The molecule has 0 aliphatic rings. The number of rotatable bonds is 7. The number of hydrogen-bond donors (Lipinski definition) is 1. The third-order valence-electron chi connectivity index (χ3n) is 4.38. The van der Waals surface area contributed by atoms with Crippen LogP contribution in [0.1, 0.15) is 5.56 Å². The number of aromatic nitrogens is 3. The molecular formula is C21H16Cl2N4O4S. The molecule has 1 N–H and O–H groups in total. The van der Waals surface area contributed by atoms with Crippen LogP contribution in [-0.2, 0) is 16.6 Å². The Bertz CT molecular complexity index is 1380. The smallest absolute Gasteiger partial charge is 0.264 e. The molecule has 0 radical (unpaired) electrons. The second kappa shape index (κ2) is 9.15. The first-order valence-electron chi connectivity index (χ1n) is 9.23. The van der Waals surface area contributed by atoms with E-state index < -0.39 is 10.0 Å². The lowest BCUT2D eigenvalue weighted by molar-refractivity contribution is 0.295. The average Bonchev–Trinajstić information content (AvgIpc) is 2.79. The summed E-state index contributed by atoms with van der Waals surface area (Å²) in [6.45, 7) is 0.122. The van der Waals surface area contributed by atoms with Gasteiger partial charge in [0.25, 0.3) is 15.9 Å². The van der Waals surface area contributed by atoms with Gasteiger partial charge in [-0.1, -0.05) is 41.4 Å². The quantitative estimate of drug-likeness (QED) is 0.399. The van der Waals surface area contributed by atoms with Gasteiger partial charge >= 0.3 is 0 Å². The van der Waals surface area contributed by atoms with Crippen LogP contribution in [0.5, 0.6) is 11.6 Å². The van der Waals surface area contributed by atoms with Crippen LogP contribution in [0.25, 0.3) is 11.2 Å². The molecule has 32 heavy (non-hydrogen) atoms. The van der Waals surface area contributed by atoms with Gasteiger partial charge in [0.05, 0.1) is 17.2 Å². The topological polar surface area (TPSA) is 103 Å². The molecule has 0 unspecified atom stereocenters. The maximum absolute atomic E-state index is 13.0. The molecule has 4 aromatic rings. The van der Waals surface area contributed by atoms with Crippen molar-refractivity contribution in [2.24, 2.45) is 0 Å². The summed E-state index contributed by atoms with van der Waals surface area (Å²) in [6, 6.07) is 14.9. The SMILES string of the molecule is COc1ccc(COc2nc3cccnc3nc2NS(=O)(=O)c2cccc(Cl)c2Cl)cc1. The van der Waals surface area contributed by atoms with Crippen molar-refractivity contribution in [2.75, 3.05) is 11.8 Å². The second-order valence-electron chi connectivity index (χ2n) is 6.52. The second-order valence-corrected chi connectivity index (χ2v) is 8.95. The summed E-state index contributed by atoms with van der Waals surface area (Å²) < 4.78 is 39.3. The number of benzene rings is 2. The third-order valence-corrected chi connectivity index (χ3v) is 6.69. The van der Waals surface area contributed by atoms with Gasteiger partial charge < -0.3 is 9.47 Å². The van der Waals surface area contributed by atoms with Crippen LogP contribution >= 0.6 is 23.2 Å². The standard InChI is InChI=1S/C21H16Cl2N4O4S/c1-30-14-9-7-13(8-10-14)12-31-21-20(26-19-16(25-21)5-3-11-24-19)27-32(28,29)17-6-2-4-15(22)18(17)23/h2-11H,12H2,1H3,(H,24,26,27). The molecule has 0 saturated carbocycles. The summed E-state index contributed by atoms with van der Waals surface area (Å²) >= 11 is 12.1. The van der Waals surface area contributed by atoms with Gasteiger partial charge in [-0.05, 0) is 42.0 Å². The summed E-state index contributed by atoms with van der Waals surface area (Å²) in [6.07, 6.45) is 1.53. The molecular weight excluding hydrogens is 475 g/mol. The van der Waals surface area contributed by atoms with Crippen LogP contribution in [0.15, 0.2) is 65.7 Å². The van der Waals surface area contributed by atoms with Gasteiger partial charge in [0.1, 0.15) is 22.8 Å². The predicted molar refractivity (Wildman–Crippen MR) is 122 cm³/mol. The van der Waals surface area contributed by atoms with E-state index in [2.05, 4.69) is 19.7 Å². The Morgan fingerprint density at radius 2 is 1.78 bits per heavy atom. The summed E-state index contributed by atoms with van der Waals surface area (Å²) in [5.41, 5.74) is 1.52. The van der Waals surface area contributed by atoms with Crippen molar-refractivity contribution in [1.82, 2.24) is 15.0 Å². The third kappa shape index (κ3) is 4.69. The van der Waals surface area contributed by atoms with E-state index in [1.165, 1.54) is 24.4 Å². The normalized spacial score (nSPS) is 11.3. The molecule has 2 heterocycles. The first kappa shape index (κ1) is 22.1. The molecule has 0 amide bonds. The largest absolute Gasteiger partial charge is 0.497 e. The Balaban J connectivity index is 1.69. The average molecular weight is 491 g/mol. The zero-order valence-electron chi connectivity index (χ0n) is 16.6. The Morgan fingerprint density at radius 1 is 1.00 bits per heavy atom. The first-order chi connectivity index (χ1) is 15.4. The maximum Gasteiger partial charge on any atom is 0.264 e. The number of anilines is 1. The molecule has 0 aliphatic heterocycles. The van der Waals surface area contributed by atoms with Gasteiger partial charge in [0.2, 0.25) is 5.82 Å². The van der Waals surface area contributed by atoms with Gasteiger partial charge in [-0.3, -0.25) is 4.72 Å². The van der Waals surface area contributed by atoms with Crippen molar-refractivity contribution in [2.45, 2.75) is 11.5 Å². The minimum Gasteiger partial charge on any atom is -0.497 e. The highest BCUT2D eigenvalue weighted by molar-refractivity contribution is 7.92. The fourth-order valence-corrected chi connectivity index (χ4v) is 4.55. The van der Waals surface area contributed by atoms with Crippen molar-refractivity contribution in [3.05, 3.63) is 76.4 Å². The summed E-state index contributed by atoms with van der Waals surface area (Å²) in [5.74, 6) is 0.570. The summed E-state index contributed by atoms with van der Waals surface area (Å²) in [5, 5.41) is 0.00558. The summed E-state index contributed by atoms with van der Waals surface area (Å²) in [7, 11) is -2.56. The fraction of sp³-hybridized carbons (Fsp3) is 0.0952. The number of nitrogens with one attached hydrogen (secondary N) is 1. The lowest BCUT2D eigenvalue weighted by Crippen LogP contribution is -2.16. The zero-order chi connectivity index (χ0) is 22.7. The number of nitrogens with zero attached hydrogens (tertiary/aromatic N) is 3. The minimum absolute atomic E-state index is 0.0111. The first-order valence-corrected chi connectivity index (χ1v) is 11.5. The molecule has 11 heteroatoms. The van der Waals surface area contributed by atoms with Crippen LogP contribution in [0.3, 0.4) is 0 Å². The molecule has 0 bridgehead atoms. The van der Waals surface area contributed by atoms with Gasteiger partial charge in [0, 0.05) is 6.20 Å². The number of sulfonamides is 1. The van der Waals surface area contributed by atoms with Crippen LogP contribution in [0.2, 0.25) is 10.0 Å². The number of ether oxygens (including phenoxy) is 2. The van der Waals surface area contributed by atoms with Gasteiger partial charge in [-0.2, -0.15) is 0 Å². The van der Waals surface area contributed by atoms with E-state index in [1.54, 1.807) is 31.4 Å². The molecule has 2 aromatic heterocycles. The maximum atomic E-state index is 13.0. The number of hydrogen-bond acceptors (Lipinski definition) is 7. The fourth-order valence-electron chi connectivity index (χ4n) is 2.79. The molecule has 8 nitrogen and oxygen atoms in total. The molecule has 2 aromatic carbocycles. The molecule has 164 valence electrons. The molecule has 0 fully saturated rings. The van der Waals surface area contributed by atoms with Gasteiger partial charge in [0.15, 0.2) is 5.65 Å².